The first-order valence-electron chi connectivity index (χ1n) is 8.58. The zero-order chi connectivity index (χ0) is 21.7. The number of aromatic nitrogens is 2. The summed E-state index contributed by atoms with van der Waals surface area (Å²) < 4.78 is 43.8. The largest absolute Gasteiger partial charge is 0.497 e. The Morgan fingerprint density at radius 3 is 2.43 bits per heavy atom. The Morgan fingerprint density at radius 2 is 1.80 bits per heavy atom. The van der Waals surface area contributed by atoms with E-state index in [0.717, 1.165) is 24.0 Å². The minimum atomic E-state index is -4.54. The summed E-state index contributed by atoms with van der Waals surface area (Å²) in [6.07, 6.45) is -3.46. The topological polar surface area (TPSA) is 102 Å². The lowest BCUT2D eigenvalue weighted by Crippen LogP contribution is -2.09. The highest BCUT2D eigenvalue weighted by Gasteiger charge is 2.31. The molecule has 0 spiro atoms. The SMILES string of the molecule is COc1ccc(CNc2ncnc(Nc3cccc(C(F)(F)F)c3)c2[N+](=O)[O-])cc1. The molecule has 0 amide bonds. The number of hydrogen-bond donors (Lipinski definition) is 2. The highest BCUT2D eigenvalue weighted by molar-refractivity contribution is 5.73. The normalized spacial score (nSPS) is 11.1. The molecule has 2 aromatic carbocycles. The molecule has 3 aromatic rings. The summed E-state index contributed by atoms with van der Waals surface area (Å²) in [5.74, 6) is 0.367. The van der Waals surface area contributed by atoms with Crippen LogP contribution in [0, 0.1) is 10.1 Å². The number of alkyl halides is 3. The molecular formula is C19H16F3N5O3. The molecule has 0 unspecified atom stereocenters. The maximum absolute atomic E-state index is 12.9. The summed E-state index contributed by atoms with van der Waals surface area (Å²) in [4.78, 5) is 18.6. The van der Waals surface area contributed by atoms with Crippen LogP contribution in [-0.4, -0.2) is 22.0 Å². The summed E-state index contributed by atoms with van der Waals surface area (Å²) in [6, 6.07) is 11.3. The Kier molecular flexibility index (Phi) is 6.00. The minimum Gasteiger partial charge on any atom is -0.497 e. The standard InChI is InChI=1S/C19H16F3N5O3/c1-30-15-7-5-12(6-8-15)10-23-17-16(27(28)29)18(25-11-24-17)26-14-4-2-3-13(9-14)19(20,21)22/h2-9,11H,10H2,1H3,(H2,23,24,25,26). The zero-order valence-electron chi connectivity index (χ0n) is 15.6. The van der Waals surface area contributed by atoms with E-state index >= 15 is 0 Å². The number of rotatable bonds is 7. The van der Waals surface area contributed by atoms with Gasteiger partial charge in [-0.15, -0.1) is 0 Å². The Labute approximate surface area is 168 Å². The molecule has 0 fully saturated rings. The maximum Gasteiger partial charge on any atom is 0.416 e. The summed E-state index contributed by atoms with van der Waals surface area (Å²) in [5.41, 5.74) is -0.547. The first kappa shape index (κ1) is 20.8. The summed E-state index contributed by atoms with van der Waals surface area (Å²) in [7, 11) is 1.54. The zero-order valence-corrected chi connectivity index (χ0v) is 15.6. The van der Waals surface area contributed by atoms with E-state index in [1.54, 1.807) is 24.3 Å². The van der Waals surface area contributed by atoms with Crippen molar-refractivity contribution in [3.05, 3.63) is 76.1 Å². The monoisotopic (exact) mass is 419 g/mol. The van der Waals surface area contributed by atoms with E-state index in [-0.39, 0.29) is 23.9 Å². The molecule has 1 aromatic heterocycles. The van der Waals surface area contributed by atoms with Crippen molar-refractivity contribution in [2.75, 3.05) is 17.7 Å². The first-order valence-corrected chi connectivity index (χ1v) is 8.58. The lowest BCUT2D eigenvalue weighted by Gasteiger charge is -2.12. The molecule has 11 heteroatoms. The van der Waals surface area contributed by atoms with Crippen molar-refractivity contribution in [1.82, 2.24) is 9.97 Å². The van der Waals surface area contributed by atoms with Gasteiger partial charge in [-0.25, -0.2) is 9.97 Å². The van der Waals surface area contributed by atoms with Gasteiger partial charge < -0.3 is 15.4 Å². The van der Waals surface area contributed by atoms with Crippen LogP contribution in [0.25, 0.3) is 0 Å². The lowest BCUT2D eigenvalue weighted by molar-refractivity contribution is -0.383. The number of nitrogens with zero attached hydrogens (tertiary/aromatic N) is 3. The molecule has 0 aliphatic heterocycles. The van der Waals surface area contributed by atoms with Crippen LogP contribution in [0.1, 0.15) is 11.1 Å². The fourth-order valence-electron chi connectivity index (χ4n) is 2.61. The fourth-order valence-corrected chi connectivity index (χ4v) is 2.61. The number of nitrogens with one attached hydrogen (secondary N) is 2. The number of methoxy groups -OCH3 is 1. The van der Waals surface area contributed by atoms with E-state index in [0.29, 0.717) is 5.75 Å². The second kappa shape index (κ2) is 8.64. The molecule has 0 bridgehead atoms. The van der Waals surface area contributed by atoms with Gasteiger partial charge in [0.05, 0.1) is 17.6 Å². The van der Waals surface area contributed by atoms with E-state index in [9.17, 15) is 23.3 Å². The van der Waals surface area contributed by atoms with Crippen LogP contribution in [0.5, 0.6) is 5.75 Å². The van der Waals surface area contributed by atoms with E-state index in [2.05, 4.69) is 20.6 Å². The van der Waals surface area contributed by atoms with E-state index in [1.807, 2.05) is 0 Å². The molecule has 2 N–H and O–H groups in total. The summed E-state index contributed by atoms with van der Waals surface area (Å²) in [6.45, 7) is 0.227. The number of anilines is 3. The number of benzene rings is 2. The molecule has 0 aliphatic rings. The van der Waals surface area contributed by atoms with Crippen LogP contribution < -0.4 is 15.4 Å². The van der Waals surface area contributed by atoms with Gasteiger partial charge in [0.15, 0.2) is 0 Å². The Hall–Kier alpha value is -3.89. The summed E-state index contributed by atoms with van der Waals surface area (Å²) in [5, 5.41) is 17.0. The lowest BCUT2D eigenvalue weighted by atomic mass is 10.2. The molecule has 156 valence electrons. The third-order valence-corrected chi connectivity index (χ3v) is 4.08. The number of halogens is 3. The van der Waals surface area contributed by atoms with Gasteiger partial charge in [0, 0.05) is 12.2 Å². The minimum absolute atomic E-state index is 0.00716. The molecule has 0 saturated carbocycles. The number of ether oxygens (including phenoxy) is 1. The predicted octanol–water partition coefficient (Wildman–Crippen LogP) is 4.77. The molecule has 0 aliphatic carbocycles. The van der Waals surface area contributed by atoms with Gasteiger partial charge in [0.25, 0.3) is 0 Å². The van der Waals surface area contributed by atoms with Gasteiger partial charge in [0.2, 0.25) is 11.6 Å². The average Bonchev–Trinajstić information content (AvgIpc) is 2.72. The van der Waals surface area contributed by atoms with Crippen molar-refractivity contribution >= 4 is 23.0 Å². The van der Waals surface area contributed by atoms with Crippen molar-refractivity contribution in [2.24, 2.45) is 0 Å². The molecule has 0 atom stereocenters. The maximum atomic E-state index is 12.9. The third-order valence-electron chi connectivity index (χ3n) is 4.08. The van der Waals surface area contributed by atoms with E-state index < -0.39 is 22.4 Å². The van der Waals surface area contributed by atoms with Gasteiger partial charge in [-0.1, -0.05) is 18.2 Å². The number of hydrogen-bond acceptors (Lipinski definition) is 7. The van der Waals surface area contributed by atoms with Gasteiger partial charge in [-0.3, -0.25) is 10.1 Å². The van der Waals surface area contributed by atoms with Gasteiger partial charge in [-0.2, -0.15) is 13.2 Å². The van der Waals surface area contributed by atoms with Crippen molar-refractivity contribution < 1.29 is 22.8 Å². The van der Waals surface area contributed by atoms with Crippen LogP contribution in [0.4, 0.5) is 36.2 Å². The smallest absolute Gasteiger partial charge is 0.416 e. The molecule has 3 rings (SSSR count). The van der Waals surface area contributed by atoms with E-state index in [1.165, 1.54) is 19.2 Å². The summed E-state index contributed by atoms with van der Waals surface area (Å²) >= 11 is 0. The number of nitro groups is 1. The highest BCUT2D eigenvalue weighted by atomic mass is 19.4. The molecule has 8 nitrogen and oxygen atoms in total. The highest BCUT2D eigenvalue weighted by Crippen LogP contribution is 2.34. The van der Waals surface area contributed by atoms with Crippen LogP contribution in [0.3, 0.4) is 0 Å². The third kappa shape index (κ3) is 4.93. The van der Waals surface area contributed by atoms with Crippen LogP contribution >= 0.6 is 0 Å². The van der Waals surface area contributed by atoms with Crippen molar-refractivity contribution in [3.8, 4) is 5.75 Å². The van der Waals surface area contributed by atoms with Crippen LogP contribution in [-0.2, 0) is 12.7 Å². The molecular weight excluding hydrogens is 403 g/mol. The van der Waals surface area contributed by atoms with Gasteiger partial charge in [-0.05, 0) is 35.9 Å². The predicted molar refractivity (Wildman–Crippen MR) is 104 cm³/mol. The van der Waals surface area contributed by atoms with Crippen molar-refractivity contribution in [1.29, 1.82) is 0 Å². The first-order chi connectivity index (χ1) is 14.3. The van der Waals surface area contributed by atoms with Crippen LogP contribution in [0.15, 0.2) is 54.9 Å². The van der Waals surface area contributed by atoms with Gasteiger partial charge in [0.1, 0.15) is 12.1 Å². The molecule has 0 radical (unpaired) electrons. The Morgan fingerprint density at radius 1 is 1.10 bits per heavy atom. The average molecular weight is 419 g/mol. The molecule has 30 heavy (non-hydrogen) atoms. The fraction of sp³-hybridized carbons (Fsp3) is 0.158. The van der Waals surface area contributed by atoms with Crippen molar-refractivity contribution in [3.63, 3.8) is 0 Å². The second-order valence-corrected chi connectivity index (χ2v) is 6.08. The van der Waals surface area contributed by atoms with E-state index in [4.69, 9.17) is 4.74 Å². The van der Waals surface area contributed by atoms with Gasteiger partial charge >= 0.3 is 11.9 Å². The van der Waals surface area contributed by atoms with Crippen LogP contribution in [0.2, 0.25) is 0 Å². The quantitative estimate of drug-likeness (QED) is 0.420. The molecule has 1 heterocycles. The van der Waals surface area contributed by atoms with Crippen molar-refractivity contribution in [2.45, 2.75) is 12.7 Å². The Balaban J connectivity index is 1.85. The second-order valence-electron chi connectivity index (χ2n) is 6.08. The molecule has 0 saturated heterocycles. The Bertz CT molecular complexity index is 1040.